The quantitative estimate of drug-likeness (QED) is 0.355. The number of rotatable bonds is 3. The molecule has 0 aliphatic carbocycles. The topological polar surface area (TPSA) is 36.1 Å². The summed E-state index contributed by atoms with van der Waals surface area (Å²) in [6.45, 7) is 7.44. The Labute approximate surface area is 73.2 Å². The molecule has 0 bridgehead atoms. The average Bonchev–Trinajstić information content (AvgIpc) is 2.03. The third-order valence-electron chi connectivity index (χ3n) is 1.16. The van der Waals surface area contributed by atoms with Gasteiger partial charge in [0.2, 0.25) is 0 Å². The molecule has 0 atom stereocenters. The van der Waals surface area contributed by atoms with Crippen molar-refractivity contribution in [3.8, 4) is 6.07 Å². The van der Waals surface area contributed by atoms with Gasteiger partial charge in [-0.2, -0.15) is 5.26 Å². The van der Waals surface area contributed by atoms with Crippen LogP contribution in [0.5, 0.6) is 0 Å². The van der Waals surface area contributed by atoms with Crippen molar-refractivity contribution >= 4 is 6.21 Å². The van der Waals surface area contributed by atoms with Crippen molar-refractivity contribution in [2.75, 3.05) is 0 Å². The molecule has 0 amide bonds. The first kappa shape index (κ1) is 10.4. The van der Waals surface area contributed by atoms with Gasteiger partial charge in [-0.05, 0) is 19.4 Å². The average molecular weight is 160 g/mol. The van der Waals surface area contributed by atoms with Crippen LogP contribution in [0.3, 0.4) is 0 Å². The van der Waals surface area contributed by atoms with Crippen LogP contribution < -0.4 is 0 Å². The summed E-state index contributed by atoms with van der Waals surface area (Å²) in [7, 11) is 0. The van der Waals surface area contributed by atoms with Crippen molar-refractivity contribution in [1.82, 2.24) is 0 Å². The molecule has 2 heteroatoms. The van der Waals surface area contributed by atoms with E-state index in [2.05, 4.69) is 11.6 Å². The fourth-order valence-electron chi connectivity index (χ4n) is 0.550. The van der Waals surface area contributed by atoms with Crippen molar-refractivity contribution in [2.24, 2.45) is 4.99 Å². The molecule has 0 rings (SSSR count). The first-order valence-corrected chi connectivity index (χ1v) is 3.62. The standard InChI is InChI=1S/C10H12N2/c1-4-7-12-8-10(5-6-11)9(2)3/h4-5,7-8H,2H2,1,3H3/b7-4-,10-5-,12-8-. The van der Waals surface area contributed by atoms with Crippen LogP contribution in [0.4, 0.5) is 0 Å². The van der Waals surface area contributed by atoms with Crippen molar-refractivity contribution < 1.29 is 0 Å². The van der Waals surface area contributed by atoms with Crippen LogP contribution in [0, 0.1) is 11.3 Å². The van der Waals surface area contributed by atoms with E-state index in [9.17, 15) is 0 Å². The van der Waals surface area contributed by atoms with Crippen LogP contribution in [-0.4, -0.2) is 6.21 Å². The molecule has 0 fully saturated rings. The number of allylic oxidation sites excluding steroid dienone is 4. The van der Waals surface area contributed by atoms with Gasteiger partial charge in [0.1, 0.15) is 0 Å². The highest BCUT2D eigenvalue weighted by molar-refractivity contribution is 5.85. The Morgan fingerprint density at radius 1 is 1.58 bits per heavy atom. The van der Waals surface area contributed by atoms with Gasteiger partial charge >= 0.3 is 0 Å². The summed E-state index contributed by atoms with van der Waals surface area (Å²) >= 11 is 0. The summed E-state index contributed by atoms with van der Waals surface area (Å²) in [6.07, 6.45) is 6.52. The molecule has 0 spiro atoms. The van der Waals surface area contributed by atoms with E-state index in [1.807, 2.05) is 26.0 Å². The third kappa shape index (κ3) is 4.24. The summed E-state index contributed by atoms with van der Waals surface area (Å²) < 4.78 is 0. The van der Waals surface area contributed by atoms with Gasteiger partial charge in [0.15, 0.2) is 0 Å². The minimum atomic E-state index is 0.760. The maximum atomic E-state index is 8.39. The zero-order valence-electron chi connectivity index (χ0n) is 7.41. The lowest BCUT2D eigenvalue weighted by molar-refractivity contribution is 1.46. The summed E-state index contributed by atoms with van der Waals surface area (Å²) in [6, 6.07) is 1.94. The SMILES string of the molecule is C=C(C)C(/C=N\C=C/C)=C\C#N. The number of nitriles is 1. The molecule has 0 saturated heterocycles. The van der Waals surface area contributed by atoms with E-state index < -0.39 is 0 Å². The number of hydrogen-bond donors (Lipinski definition) is 0. The molecule has 0 unspecified atom stereocenters. The molecule has 62 valence electrons. The highest BCUT2D eigenvalue weighted by atomic mass is 14.7. The first-order valence-electron chi connectivity index (χ1n) is 3.62. The van der Waals surface area contributed by atoms with Crippen LogP contribution in [0.2, 0.25) is 0 Å². The zero-order chi connectivity index (χ0) is 9.40. The molecule has 0 aromatic rings. The molecular formula is C10H12N2. The fraction of sp³-hybridized carbons (Fsp3) is 0.200. The van der Waals surface area contributed by atoms with Gasteiger partial charge in [-0.3, -0.25) is 4.99 Å². The summed E-state index contributed by atoms with van der Waals surface area (Å²) in [4.78, 5) is 3.94. The Hall–Kier alpha value is -1.62. The monoisotopic (exact) mass is 160 g/mol. The van der Waals surface area contributed by atoms with Gasteiger partial charge in [-0.25, -0.2) is 0 Å². The van der Waals surface area contributed by atoms with Crippen molar-refractivity contribution in [3.63, 3.8) is 0 Å². The molecule has 12 heavy (non-hydrogen) atoms. The largest absolute Gasteiger partial charge is 0.264 e. The molecule has 0 radical (unpaired) electrons. The summed E-state index contributed by atoms with van der Waals surface area (Å²) in [5, 5.41) is 8.39. The molecule has 0 aliphatic rings. The van der Waals surface area contributed by atoms with Crippen LogP contribution in [0.1, 0.15) is 13.8 Å². The van der Waals surface area contributed by atoms with E-state index in [4.69, 9.17) is 5.26 Å². The molecule has 0 aliphatic heterocycles. The number of aliphatic imine (C=N–C) groups is 1. The van der Waals surface area contributed by atoms with Gasteiger partial charge in [0.25, 0.3) is 0 Å². The van der Waals surface area contributed by atoms with Crippen molar-refractivity contribution in [3.05, 3.63) is 36.1 Å². The van der Waals surface area contributed by atoms with Crippen molar-refractivity contribution in [2.45, 2.75) is 13.8 Å². The minimum absolute atomic E-state index is 0.760. The Balaban J connectivity index is 4.48. The first-order chi connectivity index (χ1) is 5.72. The molecule has 0 aromatic heterocycles. The van der Waals surface area contributed by atoms with E-state index in [0.29, 0.717) is 0 Å². The number of nitrogens with zero attached hydrogens (tertiary/aromatic N) is 2. The van der Waals surface area contributed by atoms with E-state index in [0.717, 1.165) is 11.1 Å². The van der Waals surface area contributed by atoms with Crippen LogP contribution in [0.15, 0.2) is 41.1 Å². The molecule has 0 saturated carbocycles. The zero-order valence-corrected chi connectivity index (χ0v) is 7.41. The van der Waals surface area contributed by atoms with E-state index in [1.165, 1.54) is 6.08 Å². The van der Waals surface area contributed by atoms with Crippen LogP contribution >= 0.6 is 0 Å². The maximum absolute atomic E-state index is 8.39. The predicted molar refractivity (Wildman–Crippen MR) is 51.8 cm³/mol. The second-order valence-electron chi connectivity index (χ2n) is 2.27. The number of hydrogen-bond acceptors (Lipinski definition) is 2. The van der Waals surface area contributed by atoms with Crippen LogP contribution in [0.25, 0.3) is 0 Å². The van der Waals surface area contributed by atoms with Gasteiger partial charge < -0.3 is 0 Å². The highest BCUT2D eigenvalue weighted by Crippen LogP contribution is 2.02. The smallest absolute Gasteiger partial charge is 0.0918 e. The molecule has 0 aromatic carbocycles. The van der Waals surface area contributed by atoms with Gasteiger partial charge in [0, 0.05) is 24.1 Å². The molecule has 0 N–H and O–H groups in total. The summed E-state index contributed by atoms with van der Waals surface area (Å²) in [5.74, 6) is 0. The second-order valence-corrected chi connectivity index (χ2v) is 2.27. The Morgan fingerprint density at radius 2 is 2.25 bits per heavy atom. The second kappa shape index (κ2) is 6.11. The fourth-order valence-corrected chi connectivity index (χ4v) is 0.550. The van der Waals surface area contributed by atoms with Crippen molar-refractivity contribution in [1.29, 1.82) is 5.26 Å². The predicted octanol–water partition coefficient (Wildman–Crippen LogP) is 2.62. The Kier molecular flexibility index (Phi) is 5.29. The molecule has 0 heterocycles. The minimum Gasteiger partial charge on any atom is -0.264 e. The third-order valence-corrected chi connectivity index (χ3v) is 1.16. The highest BCUT2D eigenvalue weighted by Gasteiger charge is 1.90. The van der Waals surface area contributed by atoms with Gasteiger partial charge in [0.05, 0.1) is 6.07 Å². The lowest BCUT2D eigenvalue weighted by Crippen LogP contribution is -1.84. The Bertz CT molecular complexity index is 275. The van der Waals surface area contributed by atoms with E-state index >= 15 is 0 Å². The summed E-state index contributed by atoms with van der Waals surface area (Å²) in [5.41, 5.74) is 1.60. The molecule has 2 nitrogen and oxygen atoms in total. The molecular weight excluding hydrogens is 148 g/mol. The normalized spacial score (nSPS) is 12.2. The lowest BCUT2D eigenvalue weighted by Gasteiger charge is -1.94. The maximum Gasteiger partial charge on any atom is 0.0918 e. The van der Waals surface area contributed by atoms with Gasteiger partial charge in [-0.15, -0.1) is 0 Å². The van der Waals surface area contributed by atoms with E-state index in [1.54, 1.807) is 12.4 Å². The Morgan fingerprint density at radius 3 is 2.67 bits per heavy atom. The van der Waals surface area contributed by atoms with Crippen LogP contribution in [-0.2, 0) is 0 Å². The van der Waals surface area contributed by atoms with E-state index in [-0.39, 0.29) is 0 Å². The lowest BCUT2D eigenvalue weighted by atomic mass is 10.1. The van der Waals surface area contributed by atoms with Gasteiger partial charge in [-0.1, -0.05) is 12.7 Å².